The number of nitrogens with one attached hydrogen (secondary N) is 1. The van der Waals surface area contributed by atoms with Crippen LogP contribution in [0.3, 0.4) is 0 Å². The molecule has 2 fully saturated rings. The molecule has 3 aliphatic carbocycles. The average molecular weight is 227 g/mol. The van der Waals surface area contributed by atoms with E-state index in [2.05, 4.69) is 16.9 Å². The lowest BCUT2D eigenvalue weighted by Crippen LogP contribution is -2.58. The molecule has 0 aromatic rings. The summed E-state index contributed by atoms with van der Waals surface area (Å²) in [7, 11) is -3.07. The van der Waals surface area contributed by atoms with Crippen molar-refractivity contribution in [3.63, 3.8) is 0 Å². The highest BCUT2D eigenvalue weighted by atomic mass is 32.2. The number of hydrogen-bond acceptors (Lipinski definition) is 2. The van der Waals surface area contributed by atoms with Crippen molar-refractivity contribution in [2.75, 3.05) is 0 Å². The average Bonchev–Trinajstić information content (AvgIpc) is 2.16. The molecule has 4 rings (SSSR count). The van der Waals surface area contributed by atoms with Gasteiger partial charge in [-0.3, -0.25) is 0 Å². The van der Waals surface area contributed by atoms with E-state index in [-0.39, 0.29) is 16.7 Å². The van der Waals surface area contributed by atoms with E-state index in [0.717, 1.165) is 19.3 Å². The molecule has 15 heavy (non-hydrogen) atoms. The van der Waals surface area contributed by atoms with Crippen LogP contribution in [0.1, 0.15) is 32.6 Å². The summed E-state index contributed by atoms with van der Waals surface area (Å²) in [5.41, 5.74) is -0.0434. The van der Waals surface area contributed by atoms with Crippen LogP contribution in [0.2, 0.25) is 0 Å². The highest BCUT2D eigenvalue weighted by Crippen LogP contribution is 2.52. The smallest absolute Gasteiger partial charge is 0.212 e. The Hall–Kier alpha value is -0.350. The van der Waals surface area contributed by atoms with Crippen LogP contribution >= 0.6 is 0 Å². The molecule has 4 aliphatic rings. The maximum absolute atomic E-state index is 12.1. The maximum atomic E-state index is 12.1. The zero-order valence-corrected chi connectivity index (χ0v) is 9.76. The first-order valence-corrected chi connectivity index (χ1v) is 7.27. The second-order valence-electron chi connectivity index (χ2n) is 5.38. The fourth-order valence-corrected chi connectivity index (χ4v) is 5.87. The number of allylic oxidation sites excluding steroid dienone is 2. The summed E-state index contributed by atoms with van der Waals surface area (Å²) in [5.74, 6) is 0.502. The van der Waals surface area contributed by atoms with Gasteiger partial charge in [0, 0.05) is 11.5 Å². The molecule has 1 saturated heterocycles. The maximum Gasteiger partial charge on any atom is 0.215 e. The van der Waals surface area contributed by atoms with Crippen LogP contribution in [0.15, 0.2) is 12.2 Å². The van der Waals surface area contributed by atoms with Crippen molar-refractivity contribution >= 4 is 10.0 Å². The van der Waals surface area contributed by atoms with Gasteiger partial charge in [0.15, 0.2) is 0 Å². The van der Waals surface area contributed by atoms with E-state index < -0.39 is 10.0 Å². The van der Waals surface area contributed by atoms with Crippen LogP contribution in [0, 0.1) is 11.3 Å². The van der Waals surface area contributed by atoms with Gasteiger partial charge in [-0.15, -0.1) is 0 Å². The zero-order valence-electron chi connectivity index (χ0n) is 8.94. The van der Waals surface area contributed by atoms with Crippen LogP contribution in [0.4, 0.5) is 0 Å². The van der Waals surface area contributed by atoms with Gasteiger partial charge in [-0.25, -0.2) is 13.1 Å². The third kappa shape index (κ3) is 1.31. The number of hydrogen-bond donors (Lipinski definition) is 1. The Morgan fingerprint density at radius 3 is 2.93 bits per heavy atom. The minimum absolute atomic E-state index is 0.0434. The fraction of sp³-hybridized carbons (Fsp3) is 0.818. The third-order valence-electron chi connectivity index (χ3n) is 4.27. The molecule has 4 heteroatoms. The number of rotatable bonds is 0. The molecule has 3 nitrogen and oxygen atoms in total. The Balaban J connectivity index is 2.09. The topological polar surface area (TPSA) is 46.2 Å². The van der Waals surface area contributed by atoms with Crippen LogP contribution in [-0.2, 0) is 10.0 Å². The second-order valence-corrected chi connectivity index (χ2v) is 7.28. The number of sulfonamides is 1. The molecule has 1 saturated carbocycles. The van der Waals surface area contributed by atoms with Crippen molar-refractivity contribution in [2.45, 2.75) is 43.9 Å². The van der Waals surface area contributed by atoms with Crippen molar-refractivity contribution in [3.8, 4) is 0 Å². The van der Waals surface area contributed by atoms with Gasteiger partial charge >= 0.3 is 0 Å². The summed E-state index contributed by atoms with van der Waals surface area (Å²) in [6, 6.07) is 0.0885. The summed E-state index contributed by atoms with van der Waals surface area (Å²) in [5, 5.41) is -0.162. The van der Waals surface area contributed by atoms with E-state index in [9.17, 15) is 8.42 Å². The van der Waals surface area contributed by atoms with E-state index >= 15 is 0 Å². The fourth-order valence-electron chi connectivity index (χ4n) is 3.65. The Bertz CT molecular complexity index is 414. The van der Waals surface area contributed by atoms with Crippen molar-refractivity contribution in [1.82, 2.24) is 4.72 Å². The van der Waals surface area contributed by atoms with Crippen LogP contribution in [-0.4, -0.2) is 19.7 Å². The standard InChI is InChI=1S/C11H17NO2S/c1-8-7-11-4-2-9(3-5-11)6-10(11)15(13,14)12-8/h2,4,8-10,12H,3,5-7H2,1H3/t8-,9-,10-,11+/m1/s1. The van der Waals surface area contributed by atoms with Crippen LogP contribution < -0.4 is 4.72 Å². The van der Waals surface area contributed by atoms with Crippen molar-refractivity contribution in [3.05, 3.63) is 12.2 Å². The van der Waals surface area contributed by atoms with Gasteiger partial charge in [-0.2, -0.15) is 0 Å². The first-order valence-electron chi connectivity index (χ1n) is 5.72. The van der Waals surface area contributed by atoms with Crippen LogP contribution in [0.5, 0.6) is 0 Å². The lowest BCUT2D eigenvalue weighted by atomic mass is 9.62. The Morgan fingerprint density at radius 2 is 2.27 bits per heavy atom. The summed E-state index contributed by atoms with van der Waals surface area (Å²) in [6.45, 7) is 1.97. The normalized spacial score (nSPS) is 51.4. The summed E-state index contributed by atoms with van der Waals surface area (Å²) in [6.07, 6.45) is 8.48. The third-order valence-corrected chi connectivity index (χ3v) is 6.41. The van der Waals surface area contributed by atoms with Gasteiger partial charge in [-0.1, -0.05) is 12.2 Å². The molecule has 0 aromatic carbocycles. The summed E-state index contributed by atoms with van der Waals surface area (Å²) < 4.78 is 26.9. The SMILES string of the molecule is C[C@@H]1C[C@]23C=C[C@H](CC2)C[C@H]3S(=O)(=O)N1. The van der Waals surface area contributed by atoms with Gasteiger partial charge in [-0.05, 0) is 38.5 Å². The van der Waals surface area contributed by atoms with E-state index in [0.29, 0.717) is 5.92 Å². The molecular weight excluding hydrogens is 210 g/mol. The zero-order chi connectivity index (χ0) is 10.7. The molecule has 2 bridgehead atoms. The second kappa shape index (κ2) is 2.86. The largest absolute Gasteiger partial charge is 0.215 e. The molecule has 0 radical (unpaired) electrons. The number of fused-ring (bicyclic) bond motifs is 1. The van der Waals surface area contributed by atoms with Gasteiger partial charge in [0.2, 0.25) is 10.0 Å². The highest BCUT2D eigenvalue weighted by molar-refractivity contribution is 7.90. The molecule has 0 unspecified atom stereocenters. The molecule has 1 aliphatic heterocycles. The highest BCUT2D eigenvalue weighted by Gasteiger charge is 2.54. The van der Waals surface area contributed by atoms with E-state index in [1.165, 1.54) is 6.42 Å². The van der Waals surface area contributed by atoms with Gasteiger partial charge < -0.3 is 0 Å². The molecule has 84 valence electrons. The summed E-state index contributed by atoms with van der Waals surface area (Å²) >= 11 is 0. The summed E-state index contributed by atoms with van der Waals surface area (Å²) in [4.78, 5) is 0. The Morgan fingerprint density at radius 1 is 1.47 bits per heavy atom. The van der Waals surface area contributed by atoms with Crippen molar-refractivity contribution in [1.29, 1.82) is 0 Å². The van der Waals surface area contributed by atoms with E-state index in [1.807, 2.05) is 6.92 Å². The van der Waals surface area contributed by atoms with Gasteiger partial charge in [0.05, 0.1) is 5.25 Å². The van der Waals surface area contributed by atoms with Crippen LogP contribution in [0.25, 0.3) is 0 Å². The van der Waals surface area contributed by atoms with Crippen molar-refractivity contribution < 1.29 is 8.42 Å². The molecule has 4 atom stereocenters. The first-order chi connectivity index (χ1) is 7.02. The molecular formula is C11H17NO2S. The Labute approximate surface area is 91.0 Å². The van der Waals surface area contributed by atoms with Crippen molar-refractivity contribution in [2.24, 2.45) is 11.3 Å². The lowest BCUT2D eigenvalue weighted by molar-refractivity contribution is 0.165. The molecule has 1 N–H and O–H groups in total. The predicted molar refractivity (Wildman–Crippen MR) is 58.8 cm³/mol. The lowest BCUT2D eigenvalue weighted by Gasteiger charge is -2.51. The molecule has 0 aromatic heterocycles. The predicted octanol–water partition coefficient (Wildman–Crippen LogP) is 1.42. The first kappa shape index (κ1) is 9.85. The quantitative estimate of drug-likeness (QED) is 0.636. The monoisotopic (exact) mass is 227 g/mol. The van der Waals surface area contributed by atoms with Gasteiger partial charge in [0.1, 0.15) is 0 Å². The molecule has 0 amide bonds. The van der Waals surface area contributed by atoms with Gasteiger partial charge in [0.25, 0.3) is 0 Å². The molecule has 1 spiro atoms. The van der Waals surface area contributed by atoms with E-state index in [4.69, 9.17) is 0 Å². The molecule has 1 heterocycles. The minimum Gasteiger partial charge on any atom is -0.212 e. The minimum atomic E-state index is -3.07. The Kier molecular flexibility index (Phi) is 1.88. The van der Waals surface area contributed by atoms with E-state index in [1.54, 1.807) is 0 Å².